The molecule has 0 unspecified atom stereocenters. The first-order chi connectivity index (χ1) is 13.7. The van der Waals surface area contributed by atoms with E-state index in [9.17, 15) is 13.2 Å². The summed E-state index contributed by atoms with van der Waals surface area (Å²) in [6, 6.07) is 29.9. The van der Waals surface area contributed by atoms with Crippen LogP contribution in [0.15, 0.2) is 89.0 Å². The first-order valence-electron chi connectivity index (χ1n) is 8.19. The predicted octanol–water partition coefficient (Wildman–Crippen LogP) is 2.33. The number of halogens is 4. The summed E-state index contributed by atoms with van der Waals surface area (Å²) in [5, 5.41) is 0. The van der Waals surface area contributed by atoms with Crippen LogP contribution in [0.25, 0.3) is 17.2 Å². The smallest absolute Gasteiger partial charge is 0.485 e. The molecule has 3 nitrogen and oxygen atoms in total. The molecule has 0 amide bonds. The first-order valence-corrected chi connectivity index (χ1v) is 11.9. The van der Waals surface area contributed by atoms with Gasteiger partial charge in [0, 0.05) is 0 Å². The quantitative estimate of drug-likeness (QED) is 0.295. The molecule has 0 N–H and O–H groups in total. The molecule has 0 aromatic heterocycles. The average Bonchev–Trinajstić information content (AvgIpc) is 2.69. The highest BCUT2D eigenvalue weighted by atomic mass is 127. The van der Waals surface area contributed by atoms with Crippen molar-refractivity contribution in [1.82, 2.24) is 0 Å². The number of benzene rings is 3. The maximum atomic E-state index is 10.7. The maximum absolute atomic E-state index is 10.7. The van der Waals surface area contributed by atoms with Crippen LogP contribution in [0.3, 0.4) is 0 Å². The molecule has 3 rings (SSSR count). The Hall–Kier alpha value is -2.17. The Labute approximate surface area is 177 Å². The van der Waals surface area contributed by atoms with Gasteiger partial charge in [-0.1, -0.05) is 72.8 Å². The fraction of sp³-hybridized carbons (Fsp3) is 0.0476. The lowest BCUT2D eigenvalue weighted by Crippen LogP contribution is -3.59. The van der Waals surface area contributed by atoms with Crippen molar-refractivity contribution in [1.29, 1.82) is 0 Å². The molecule has 0 aliphatic rings. The summed E-state index contributed by atoms with van der Waals surface area (Å²) in [5.41, 5.74) is -1.84. The van der Waals surface area contributed by atoms with Crippen LogP contribution in [0.2, 0.25) is 0 Å². The van der Waals surface area contributed by atoms with Gasteiger partial charge in [0.2, 0.25) is 0 Å². The van der Waals surface area contributed by atoms with Gasteiger partial charge in [-0.3, -0.25) is 0 Å². The molecule has 0 saturated heterocycles. The number of hydrogen-bond acceptors (Lipinski definition) is 3. The van der Waals surface area contributed by atoms with Crippen molar-refractivity contribution in [2.75, 3.05) is 0 Å². The molecule has 0 atom stereocenters. The molecule has 152 valence electrons. The topological polar surface area (TPSA) is 57.2 Å². The Morgan fingerprint density at radius 2 is 1.21 bits per heavy atom. The van der Waals surface area contributed by atoms with E-state index in [0.29, 0.717) is 0 Å². The lowest BCUT2D eigenvalue weighted by atomic mass is 10.0. The molecule has 0 spiro atoms. The van der Waals surface area contributed by atoms with Gasteiger partial charge in [0.15, 0.2) is 17.8 Å². The van der Waals surface area contributed by atoms with Crippen LogP contribution < -0.4 is 21.2 Å². The highest BCUT2D eigenvalue weighted by Crippen LogP contribution is 2.20. The molecule has 3 aromatic rings. The molecular weight excluding hydrogens is 516 g/mol. The predicted molar refractivity (Wildman–Crippen MR) is 102 cm³/mol. The Morgan fingerprint density at radius 1 is 0.759 bits per heavy atom. The zero-order chi connectivity index (χ0) is 21.3. The number of rotatable bonds is 4. The summed E-state index contributed by atoms with van der Waals surface area (Å²) < 4.78 is 62.7. The summed E-state index contributed by atoms with van der Waals surface area (Å²) >= 11 is -0.0321. The third kappa shape index (κ3) is 8.00. The van der Waals surface area contributed by atoms with E-state index in [0.717, 1.165) is 0 Å². The Balaban J connectivity index is 0.000000321. The van der Waals surface area contributed by atoms with E-state index >= 15 is 0 Å². The second-order valence-corrected chi connectivity index (χ2v) is 9.54. The van der Waals surface area contributed by atoms with E-state index in [4.69, 9.17) is 13.0 Å². The molecule has 0 aliphatic carbocycles. The van der Waals surface area contributed by atoms with Crippen LogP contribution in [0, 0.1) is 3.57 Å². The second-order valence-electron chi connectivity index (χ2n) is 5.59. The van der Waals surface area contributed by atoms with Gasteiger partial charge in [0.05, 0.1) is 0 Å². The Bertz CT molecular complexity index is 1020. The number of hydrogen-bond donors (Lipinski definition) is 0. The summed E-state index contributed by atoms with van der Waals surface area (Å²) in [6.45, 7) is 0. The van der Waals surface area contributed by atoms with Crippen LogP contribution in [0.5, 0.6) is 0 Å². The summed E-state index contributed by atoms with van der Waals surface area (Å²) in [4.78, 5) is 0. The van der Waals surface area contributed by atoms with Crippen molar-refractivity contribution < 1.29 is 47.3 Å². The molecule has 0 bridgehead atoms. The summed E-state index contributed by atoms with van der Waals surface area (Å²) in [7, 11) is -6.09. The standard InChI is InChI=1S/C20H16I.CHF3O3S/c1-3-7-18(8-4-1)19-13-11-17(12-14-19)15-16-21-20-9-5-2-6-10-20;2-1(3,4)8(5,6)7/h1-16H;(H,5,6,7)/q+1;/p-1/b16-15+;. The normalized spacial score (nSPS) is 11.7. The molecule has 0 heterocycles. The largest absolute Gasteiger partial charge is 0.741 e. The van der Waals surface area contributed by atoms with Crippen LogP contribution in [0.4, 0.5) is 13.2 Å². The molecule has 0 aliphatic heterocycles. The summed E-state index contributed by atoms with van der Waals surface area (Å²) in [6.07, 6.45) is 2.23. The fourth-order valence-electron chi connectivity index (χ4n) is 2.08. The van der Waals surface area contributed by atoms with E-state index in [1.165, 1.54) is 20.3 Å². The zero-order valence-electron chi connectivity index (χ0n) is 14.9. The van der Waals surface area contributed by atoms with Crippen LogP contribution >= 0.6 is 0 Å². The van der Waals surface area contributed by atoms with Crippen LogP contribution in [-0.4, -0.2) is 18.5 Å². The van der Waals surface area contributed by atoms with Gasteiger partial charge in [-0.25, -0.2) is 8.42 Å². The van der Waals surface area contributed by atoms with E-state index < -0.39 is 15.6 Å². The van der Waals surface area contributed by atoms with Crippen molar-refractivity contribution >= 4 is 16.2 Å². The Morgan fingerprint density at radius 3 is 1.69 bits per heavy atom. The zero-order valence-corrected chi connectivity index (χ0v) is 17.9. The molecule has 3 aromatic carbocycles. The molecule has 0 radical (unpaired) electrons. The third-order valence-electron chi connectivity index (χ3n) is 3.48. The minimum atomic E-state index is -6.09. The maximum Gasteiger partial charge on any atom is 0.485 e. The second kappa shape index (κ2) is 10.6. The van der Waals surface area contributed by atoms with E-state index in [-0.39, 0.29) is 21.2 Å². The minimum absolute atomic E-state index is 0.0321. The highest BCUT2D eigenvalue weighted by molar-refractivity contribution is 7.86. The lowest BCUT2D eigenvalue weighted by molar-refractivity contribution is -0.555. The molecule has 29 heavy (non-hydrogen) atoms. The van der Waals surface area contributed by atoms with Gasteiger partial charge >= 0.3 is 26.7 Å². The van der Waals surface area contributed by atoms with Crippen molar-refractivity contribution in [2.45, 2.75) is 5.51 Å². The van der Waals surface area contributed by atoms with Gasteiger partial charge in [-0.05, 0) is 34.9 Å². The van der Waals surface area contributed by atoms with Gasteiger partial charge in [0.1, 0.15) is 0 Å². The van der Waals surface area contributed by atoms with Gasteiger partial charge in [-0.15, -0.1) is 0 Å². The van der Waals surface area contributed by atoms with Gasteiger partial charge in [0.25, 0.3) is 0 Å². The van der Waals surface area contributed by atoms with Crippen molar-refractivity contribution in [2.24, 2.45) is 0 Å². The van der Waals surface area contributed by atoms with Crippen LogP contribution in [0.1, 0.15) is 5.56 Å². The van der Waals surface area contributed by atoms with Gasteiger partial charge < -0.3 is 4.55 Å². The van der Waals surface area contributed by atoms with Crippen molar-refractivity contribution in [3.63, 3.8) is 0 Å². The van der Waals surface area contributed by atoms with Gasteiger partial charge in [-0.2, -0.15) is 13.2 Å². The highest BCUT2D eigenvalue weighted by Gasteiger charge is 2.36. The molecule has 0 fully saturated rings. The van der Waals surface area contributed by atoms with Crippen molar-refractivity contribution in [3.05, 3.63) is 98.1 Å². The summed E-state index contributed by atoms with van der Waals surface area (Å²) in [5.74, 6) is 0. The molecular formula is C21H16F3IO3S. The van der Waals surface area contributed by atoms with Crippen molar-refractivity contribution in [3.8, 4) is 11.1 Å². The first kappa shape index (κ1) is 23.1. The minimum Gasteiger partial charge on any atom is -0.741 e. The van der Waals surface area contributed by atoms with Crippen LogP contribution in [-0.2, 0) is 10.1 Å². The Kier molecular flexibility index (Phi) is 8.42. The van der Waals surface area contributed by atoms with E-state index in [2.05, 4.69) is 89.0 Å². The van der Waals surface area contributed by atoms with E-state index in [1.807, 2.05) is 6.07 Å². The SMILES string of the molecule is C(=C\c1ccc(-c2ccccc2)cc1)/[I+]c1ccccc1.O=S(=O)([O-])C(F)(F)F. The lowest BCUT2D eigenvalue weighted by Gasteiger charge is -2.08. The monoisotopic (exact) mass is 532 g/mol. The number of alkyl halides is 3. The third-order valence-corrected chi connectivity index (χ3v) is 6.20. The fourth-order valence-corrected chi connectivity index (χ4v) is 3.92. The molecule has 8 heteroatoms. The average molecular weight is 532 g/mol. The van der Waals surface area contributed by atoms with E-state index in [1.54, 1.807) is 0 Å². The molecule has 0 saturated carbocycles.